The Hall–Kier alpha value is -1.74. The van der Waals surface area contributed by atoms with Crippen molar-refractivity contribution < 1.29 is 4.79 Å². The van der Waals surface area contributed by atoms with Crippen LogP contribution in [0.2, 0.25) is 0 Å². The third kappa shape index (κ3) is 5.41. The molecule has 2 nitrogen and oxygen atoms in total. The Kier molecular flexibility index (Phi) is 6.92. The average molecular weight is 342 g/mol. The predicted octanol–water partition coefficient (Wildman–Crippen LogP) is 5.11. The summed E-state index contributed by atoms with van der Waals surface area (Å²) in [5.41, 5.74) is 6.28. The number of carbonyl (C=O) groups is 1. The van der Waals surface area contributed by atoms with Gasteiger partial charge in [0.1, 0.15) is 0 Å². The fraction of sp³-hybridized carbons (Fsp3) is 0.381. The van der Waals surface area contributed by atoms with E-state index in [-0.39, 0.29) is 11.9 Å². The van der Waals surface area contributed by atoms with Crippen LogP contribution in [0.4, 0.5) is 0 Å². The van der Waals surface area contributed by atoms with Crippen molar-refractivity contribution in [1.29, 1.82) is 0 Å². The Labute approximate surface area is 150 Å². The first kappa shape index (κ1) is 18.6. The normalized spacial score (nSPS) is 12.0. The van der Waals surface area contributed by atoms with Crippen molar-refractivity contribution in [2.24, 2.45) is 0 Å². The molecule has 2 aromatic rings. The van der Waals surface area contributed by atoms with Gasteiger partial charge < -0.3 is 5.32 Å². The maximum Gasteiger partial charge on any atom is 0.230 e. The molecule has 0 aliphatic carbocycles. The van der Waals surface area contributed by atoms with Crippen LogP contribution in [0.15, 0.2) is 42.5 Å². The van der Waals surface area contributed by atoms with Gasteiger partial charge in [0.05, 0.1) is 11.8 Å². The van der Waals surface area contributed by atoms with Crippen molar-refractivity contribution in [3.8, 4) is 0 Å². The molecule has 1 N–H and O–H groups in total. The van der Waals surface area contributed by atoms with Crippen molar-refractivity contribution in [3.05, 3.63) is 70.3 Å². The number of hydrogen-bond acceptors (Lipinski definition) is 2. The molecular formula is C21H27NOS. The summed E-state index contributed by atoms with van der Waals surface area (Å²) in [6, 6.07) is 15.0. The number of thioether (sulfide) groups is 1. The first-order chi connectivity index (χ1) is 11.5. The number of hydrogen-bond donors (Lipinski definition) is 1. The maximum atomic E-state index is 12.2. The second-order valence-corrected chi connectivity index (χ2v) is 7.34. The Morgan fingerprint density at radius 2 is 1.75 bits per heavy atom. The van der Waals surface area contributed by atoms with Crippen LogP contribution in [0.5, 0.6) is 0 Å². The summed E-state index contributed by atoms with van der Waals surface area (Å²) in [5, 5.41) is 3.17. The second kappa shape index (κ2) is 8.93. The molecule has 0 saturated carbocycles. The summed E-state index contributed by atoms with van der Waals surface area (Å²) < 4.78 is 0. The molecule has 1 unspecified atom stereocenters. The number of nitrogens with one attached hydrogen (secondary N) is 1. The fourth-order valence-electron chi connectivity index (χ4n) is 2.58. The molecule has 0 fully saturated rings. The van der Waals surface area contributed by atoms with E-state index < -0.39 is 0 Å². The molecule has 2 rings (SSSR count). The number of carbonyl (C=O) groups excluding carboxylic acids is 1. The number of benzene rings is 2. The summed E-state index contributed by atoms with van der Waals surface area (Å²) >= 11 is 1.66. The summed E-state index contributed by atoms with van der Waals surface area (Å²) in [5.74, 6) is 1.47. The lowest BCUT2D eigenvalue weighted by atomic mass is 9.99. The molecule has 1 amide bonds. The highest BCUT2D eigenvalue weighted by Gasteiger charge is 2.13. The van der Waals surface area contributed by atoms with E-state index in [1.54, 1.807) is 11.8 Å². The molecule has 0 bridgehead atoms. The molecule has 128 valence electrons. The molecule has 24 heavy (non-hydrogen) atoms. The molecule has 1 atom stereocenters. The predicted molar refractivity (Wildman–Crippen MR) is 104 cm³/mol. The smallest absolute Gasteiger partial charge is 0.230 e. The zero-order chi connectivity index (χ0) is 17.5. The van der Waals surface area contributed by atoms with Crippen molar-refractivity contribution in [2.75, 3.05) is 5.75 Å². The molecule has 2 aromatic carbocycles. The topological polar surface area (TPSA) is 29.1 Å². The highest BCUT2D eigenvalue weighted by molar-refractivity contribution is 7.99. The minimum absolute atomic E-state index is 0.0942. The Bertz CT molecular complexity index is 679. The van der Waals surface area contributed by atoms with E-state index in [1.807, 2.05) is 0 Å². The highest BCUT2D eigenvalue weighted by Crippen LogP contribution is 2.20. The Morgan fingerprint density at radius 3 is 2.38 bits per heavy atom. The van der Waals surface area contributed by atoms with E-state index in [9.17, 15) is 4.79 Å². The minimum atomic E-state index is 0.0942. The summed E-state index contributed by atoms with van der Waals surface area (Å²) in [7, 11) is 0. The summed E-state index contributed by atoms with van der Waals surface area (Å²) in [6.07, 6.45) is 0.900. The minimum Gasteiger partial charge on any atom is -0.349 e. The molecule has 0 aliphatic heterocycles. The third-order valence-electron chi connectivity index (χ3n) is 4.30. The van der Waals surface area contributed by atoms with Crippen LogP contribution in [0.1, 0.15) is 47.2 Å². The maximum absolute atomic E-state index is 12.2. The van der Waals surface area contributed by atoms with E-state index in [1.165, 1.54) is 27.8 Å². The quantitative estimate of drug-likeness (QED) is 0.758. The molecule has 0 radical (unpaired) electrons. The molecule has 3 heteroatoms. The monoisotopic (exact) mass is 341 g/mol. The third-order valence-corrected chi connectivity index (χ3v) is 5.30. The van der Waals surface area contributed by atoms with Crippen molar-refractivity contribution in [1.82, 2.24) is 5.32 Å². The van der Waals surface area contributed by atoms with Gasteiger partial charge in [-0.2, -0.15) is 0 Å². The van der Waals surface area contributed by atoms with Crippen LogP contribution >= 0.6 is 11.8 Å². The Morgan fingerprint density at radius 1 is 1.04 bits per heavy atom. The van der Waals surface area contributed by atoms with Gasteiger partial charge in [-0.15, -0.1) is 11.8 Å². The lowest BCUT2D eigenvalue weighted by molar-refractivity contribution is -0.119. The van der Waals surface area contributed by atoms with Gasteiger partial charge >= 0.3 is 0 Å². The van der Waals surface area contributed by atoms with Crippen LogP contribution in [-0.2, 0) is 10.5 Å². The van der Waals surface area contributed by atoms with Crippen LogP contribution in [0.3, 0.4) is 0 Å². The van der Waals surface area contributed by atoms with E-state index in [0.29, 0.717) is 5.75 Å². The van der Waals surface area contributed by atoms with Crippen LogP contribution < -0.4 is 5.32 Å². The number of rotatable bonds is 7. The van der Waals surface area contributed by atoms with E-state index in [4.69, 9.17) is 0 Å². The second-order valence-electron chi connectivity index (χ2n) is 6.35. The van der Waals surface area contributed by atoms with E-state index >= 15 is 0 Å². The molecule has 0 heterocycles. The van der Waals surface area contributed by atoms with Gasteiger partial charge in [-0.05, 0) is 49.4 Å². The Balaban J connectivity index is 1.85. The molecule has 0 aliphatic rings. The van der Waals surface area contributed by atoms with Crippen molar-refractivity contribution in [2.45, 2.75) is 45.9 Å². The SMILES string of the molecule is CCC(NC(=O)CSCc1ccc(C)cc1)c1ccc(C)c(C)c1. The molecular weight excluding hydrogens is 314 g/mol. The van der Waals surface area contributed by atoms with E-state index in [0.717, 1.165) is 12.2 Å². The van der Waals surface area contributed by atoms with Gasteiger partial charge in [-0.1, -0.05) is 55.0 Å². The standard InChI is InChI=1S/C21H27NOS/c1-5-20(19-11-8-16(3)17(4)12-19)22-21(23)14-24-13-18-9-6-15(2)7-10-18/h6-12,20H,5,13-14H2,1-4H3,(H,22,23). The summed E-state index contributed by atoms with van der Waals surface area (Å²) in [4.78, 5) is 12.2. The zero-order valence-corrected chi connectivity index (χ0v) is 15.9. The molecule has 0 aromatic heterocycles. The van der Waals surface area contributed by atoms with Gasteiger partial charge in [-0.3, -0.25) is 4.79 Å². The van der Waals surface area contributed by atoms with Gasteiger partial charge in [0.2, 0.25) is 5.91 Å². The van der Waals surface area contributed by atoms with E-state index in [2.05, 4.69) is 75.5 Å². The zero-order valence-electron chi connectivity index (χ0n) is 15.1. The lowest BCUT2D eigenvalue weighted by Gasteiger charge is -2.18. The molecule has 0 spiro atoms. The average Bonchev–Trinajstić information content (AvgIpc) is 2.57. The first-order valence-electron chi connectivity index (χ1n) is 8.49. The number of aryl methyl sites for hydroxylation is 3. The lowest BCUT2D eigenvalue weighted by Crippen LogP contribution is -2.29. The molecule has 0 saturated heterocycles. The van der Waals surface area contributed by atoms with Gasteiger partial charge in [0, 0.05) is 5.75 Å². The fourth-order valence-corrected chi connectivity index (χ4v) is 3.38. The van der Waals surface area contributed by atoms with Gasteiger partial charge in [0.25, 0.3) is 0 Å². The van der Waals surface area contributed by atoms with Crippen molar-refractivity contribution >= 4 is 17.7 Å². The van der Waals surface area contributed by atoms with Gasteiger partial charge in [0.15, 0.2) is 0 Å². The van der Waals surface area contributed by atoms with Crippen LogP contribution in [0, 0.1) is 20.8 Å². The van der Waals surface area contributed by atoms with Gasteiger partial charge in [-0.25, -0.2) is 0 Å². The number of amides is 1. The highest BCUT2D eigenvalue weighted by atomic mass is 32.2. The summed E-state index contributed by atoms with van der Waals surface area (Å²) in [6.45, 7) is 8.42. The van der Waals surface area contributed by atoms with Crippen LogP contribution in [-0.4, -0.2) is 11.7 Å². The van der Waals surface area contributed by atoms with Crippen LogP contribution in [0.25, 0.3) is 0 Å². The van der Waals surface area contributed by atoms with Crippen molar-refractivity contribution in [3.63, 3.8) is 0 Å². The first-order valence-corrected chi connectivity index (χ1v) is 9.65. The largest absolute Gasteiger partial charge is 0.349 e.